The Morgan fingerprint density at radius 3 is 3.08 bits per heavy atom. The van der Waals surface area contributed by atoms with E-state index in [2.05, 4.69) is 4.98 Å². The zero-order valence-corrected chi connectivity index (χ0v) is 15.5. The number of nitrogens with one attached hydrogen (secondary N) is 1. The van der Waals surface area contributed by atoms with Gasteiger partial charge in [-0.25, -0.2) is 4.79 Å². The lowest BCUT2D eigenvalue weighted by molar-refractivity contribution is -0.127. The van der Waals surface area contributed by atoms with Gasteiger partial charge in [-0.3, -0.25) is 4.79 Å². The molecule has 25 heavy (non-hydrogen) atoms. The van der Waals surface area contributed by atoms with E-state index in [0.717, 1.165) is 22.2 Å². The molecule has 0 bridgehead atoms. The number of aliphatic hydroxyl groups is 1. The SMILES string of the molecule is COC(=O)c1ccc2c(C3SCC(=O)N3CCSCCO)c[nH]c2c1. The molecule has 1 aromatic carbocycles. The van der Waals surface area contributed by atoms with E-state index in [-0.39, 0.29) is 23.9 Å². The first-order valence-electron chi connectivity index (χ1n) is 7.94. The molecule has 2 aromatic rings. The molecule has 2 heterocycles. The Labute approximate surface area is 154 Å². The van der Waals surface area contributed by atoms with E-state index in [1.54, 1.807) is 35.7 Å². The number of methoxy groups -OCH3 is 1. The first-order valence-corrected chi connectivity index (χ1v) is 10.1. The average molecular weight is 380 g/mol. The van der Waals surface area contributed by atoms with E-state index in [1.165, 1.54) is 7.11 Å². The van der Waals surface area contributed by atoms with Crippen LogP contribution in [0.1, 0.15) is 21.3 Å². The molecule has 1 unspecified atom stereocenters. The maximum absolute atomic E-state index is 12.2. The Hall–Kier alpha value is -1.64. The van der Waals surface area contributed by atoms with Gasteiger partial charge in [0, 0.05) is 40.7 Å². The highest BCUT2D eigenvalue weighted by Crippen LogP contribution is 2.41. The molecule has 1 aromatic heterocycles. The minimum Gasteiger partial charge on any atom is -0.465 e. The van der Waals surface area contributed by atoms with Gasteiger partial charge >= 0.3 is 5.97 Å². The molecule has 1 saturated heterocycles. The van der Waals surface area contributed by atoms with Crippen LogP contribution in [0.4, 0.5) is 0 Å². The molecule has 2 N–H and O–H groups in total. The number of aliphatic hydroxyl groups excluding tert-OH is 1. The standard InChI is InChI=1S/C17H20N2O4S2/c1-23-17(22)11-2-3-12-13(9-18-14(12)8-11)16-19(15(21)10-25-16)4-6-24-7-5-20/h2-3,8-9,16,18,20H,4-7,10H2,1H3. The molecule has 1 atom stereocenters. The third kappa shape index (κ3) is 3.80. The largest absolute Gasteiger partial charge is 0.465 e. The number of aromatic amines is 1. The highest BCUT2D eigenvalue weighted by molar-refractivity contribution is 8.00. The number of fused-ring (bicyclic) bond motifs is 1. The molecule has 1 aliphatic rings. The number of rotatable bonds is 7. The Bertz CT molecular complexity index is 777. The van der Waals surface area contributed by atoms with E-state index in [1.807, 2.05) is 17.2 Å². The Morgan fingerprint density at radius 1 is 1.48 bits per heavy atom. The molecule has 6 nitrogen and oxygen atoms in total. The van der Waals surface area contributed by atoms with Crippen molar-refractivity contribution in [2.75, 3.05) is 37.5 Å². The van der Waals surface area contributed by atoms with E-state index >= 15 is 0 Å². The summed E-state index contributed by atoms with van der Waals surface area (Å²) in [6.45, 7) is 0.815. The van der Waals surface area contributed by atoms with E-state index in [4.69, 9.17) is 9.84 Å². The molecule has 1 aliphatic heterocycles. The molecular formula is C17H20N2O4S2. The summed E-state index contributed by atoms with van der Waals surface area (Å²) in [6, 6.07) is 5.41. The van der Waals surface area contributed by atoms with Crippen LogP contribution in [0.5, 0.6) is 0 Å². The van der Waals surface area contributed by atoms with Gasteiger partial charge in [0.25, 0.3) is 0 Å². The number of nitrogens with zero attached hydrogens (tertiary/aromatic N) is 1. The van der Waals surface area contributed by atoms with Gasteiger partial charge in [-0.2, -0.15) is 11.8 Å². The Balaban J connectivity index is 1.82. The summed E-state index contributed by atoms with van der Waals surface area (Å²) in [5.41, 5.74) is 2.40. The van der Waals surface area contributed by atoms with Gasteiger partial charge in [0.1, 0.15) is 5.37 Å². The first kappa shape index (κ1) is 18.2. The second kappa shape index (κ2) is 8.16. The molecule has 3 rings (SSSR count). The van der Waals surface area contributed by atoms with Crippen molar-refractivity contribution in [1.82, 2.24) is 9.88 Å². The monoisotopic (exact) mass is 380 g/mol. The lowest BCUT2D eigenvalue weighted by atomic mass is 10.1. The third-order valence-corrected chi connectivity index (χ3v) is 6.26. The van der Waals surface area contributed by atoms with Crippen LogP contribution in [0.15, 0.2) is 24.4 Å². The van der Waals surface area contributed by atoms with Gasteiger partial charge in [0.05, 0.1) is 25.0 Å². The number of H-pyrrole nitrogens is 1. The average Bonchev–Trinajstić information content (AvgIpc) is 3.20. The van der Waals surface area contributed by atoms with Gasteiger partial charge in [0.15, 0.2) is 0 Å². The summed E-state index contributed by atoms with van der Waals surface area (Å²) < 4.78 is 4.76. The van der Waals surface area contributed by atoms with Crippen molar-refractivity contribution >= 4 is 46.3 Å². The zero-order chi connectivity index (χ0) is 17.8. The molecule has 0 saturated carbocycles. The summed E-state index contributed by atoms with van der Waals surface area (Å²) >= 11 is 3.26. The van der Waals surface area contributed by atoms with Crippen LogP contribution in [-0.2, 0) is 9.53 Å². The van der Waals surface area contributed by atoms with Crippen molar-refractivity contribution in [3.8, 4) is 0 Å². The fraction of sp³-hybridized carbons (Fsp3) is 0.412. The van der Waals surface area contributed by atoms with Gasteiger partial charge in [-0.15, -0.1) is 11.8 Å². The molecule has 0 spiro atoms. The van der Waals surface area contributed by atoms with Crippen molar-refractivity contribution < 1.29 is 19.4 Å². The van der Waals surface area contributed by atoms with Crippen LogP contribution < -0.4 is 0 Å². The summed E-state index contributed by atoms with van der Waals surface area (Å²) in [7, 11) is 1.36. The van der Waals surface area contributed by atoms with Gasteiger partial charge < -0.3 is 19.7 Å². The molecule has 0 radical (unpaired) electrons. The molecule has 0 aliphatic carbocycles. The number of benzene rings is 1. The van der Waals surface area contributed by atoms with Crippen molar-refractivity contribution in [3.05, 3.63) is 35.5 Å². The van der Waals surface area contributed by atoms with Gasteiger partial charge in [-0.1, -0.05) is 6.07 Å². The quantitative estimate of drug-likeness (QED) is 0.566. The van der Waals surface area contributed by atoms with Crippen LogP contribution in [0, 0.1) is 0 Å². The van der Waals surface area contributed by atoms with Crippen molar-refractivity contribution in [1.29, 1.82) is 0 Å². The molecule has 1 fully saturated rings. The number of aromatic nitrogens is 1. The van der Waals surface area contributed by atoms with E-state index in [0.29, 0.717) is 23.6 Å². The van der Waals surface area contributed by atoms with Crippen LogP contribution in [0.3, 0.4) is 0 Å². The van der Waals surface area contributed by atoms with E-state index in [9.17, 15) is 9.59 Å². The smallest absolute Gasteiger partial charge is 0.337 e. The van der Waals surface area contributed by atoms with Crippen molar-refractivity contribution in [2.45, 2.75) is 5.37 Å². The molecule has 134 valence electrons. The Kier molecular flexibility index (Phi) is 5.93. The number of hydrogen-bond acceptors (Lipinski definition) is 6. The highest BCUT2D eigenvalue weighted by Gasteiger charge is 2.33. The number of thioether (sulfide) groups is 2. The van der Waals surface area contributed by atoms with Gasteiger partial charge in [-0.05, 0) is 12.1 Å². The second-order valence-corrected chi connectivity index (χ2v) is 7.88. The molecule has 1 amide bonds. The van der Waals surface area contributed by atoms with Gasteiger partial charge in [0.2, 0.25) is 5.91 Å². The number of carbonyl (C=O) groups excluding carboxylic acids is 2. The van der Waals surface area contributed by atoms with Crippen LogP contribution in [0.2, 0.25) is 0 Å². The summed E-state index contributed by atoms with van der Waals surface area (Å²) in [5.74, 6) is 1.73. The molecular weight excluding hydrogens is 360 g/mol. The lowest BCUT2D eigenvalue weighted by Gasteiger charge is -2.23. The van der Waals surface area contributed by atoms with Crippen LogP contribution in [-0.4, -0.2) is 64.4 Å². The fourth-order valence-electron chi connectivity index (χ4n) is 2.88. The summed E-state index contributed by atoms with van der Waals surface area (Å²) in [6.07, 6.45) is 1.91. The van der Waals surface area contributed by atoms with Crippen LogP contribution in [0.25, 0.3) is 10.9 Å². The second-order valence-electron chi connectivity index (χ2n) is 5.58. The topological polar surface area (TPSA) is 82.6 Å². The first-order chi connectivity index (χ1) is 12.2. The van der Waals surface area contributed by atoms with Crippen molar-refractivity contribution in [2.24, 2.45) is 0 Å². The number of carbonyl (C=O) groups is 2. The number of ether oxygens (including phenoxy) is 1. The minimum absolute atomic E-state index is 0.0278. The van der Waals surface area contributed by atoms with E-state index < -0.39 is 0 Å². The number of hydrogen-bond donors (Lipinski definition) is 2. The highest BCUT2D eigenvalue weighted by atomic mass is 32.2. The summed E-state index contributed by atoms with van der Waals surface area (Å²) in [5, 5.41) is 9.85. The zero-order valence-electron chi connectivity index (χ0n) is 13.9. The maximum atomic E-state index is 12.2. The third-order valence-electron chi connectivity index (χ3n) is 4.08. The maximum Gasteiger partial charge on any atom is 0.337 e. The fourth-order valence-corrected chi connectivity index (χ4v) is 4.78. The predicted molar refractivity (Wildman–Crippen MR) is 101 cm³/mol. The number of amides is 1. The van der Waals surface area contributed by atoms with Crippen molar-refractivity contribution in [3.63, 3.8) is 0 Å². The summed E-state index contributed by atoms with van der Waals surface area (Å²) in [4.78, 5) is 29.0. The Morgan fingerprint density at radius 2 is 2.32 bits per heavy atom. The number of esters is 1. The van der Waals surface area contributed by atoms with Crippen LogP contribution >= 0.6 is 23.5 Å². The molecule has 8 heteroatoms. The normalized spacial score (nSPS) is 17.4. The minimum atomic E-state index is -0.369. The lowest BCUT2D eigenvalue weighted by Crippen LogP contribution is -2.30. The predicted octanol–water partition coefficient (Wildman–Crippen LogP) is 2.25.